The molecule has 8 nitrogen and oxygen atoms in total. The van der Waals surface area contributed by atoms with Crippen molar-refractivity contribution >= 4 is 37.5 Å². The van der Waals surface area contributed by atoms with Crippen LogP contribution in [0.5, 0.6) is 0 Å². The summed E-state index contributed by atoms with van der Waals surface area (Å²) in [5.41, 5.74) is 13.3. The Labute approximate surface area is 217 Å². The fourth-order valence-electron chi connectivity index (χ4n) is 4.67. The maximum atomic E-state index is 14.5. The number of benzene rings is 2. The van der Waals surface area contributed by atoms with Gasteiger partial charge in [-0.05, 0) is 59.5 Å². The van der Waals surface area contributed by atoms with Gasteiger partial charge in [-0.3, -0.25) is 10.1 Å². The summed E-state index contributed by atoms with van der Waals surface area (Å²) in [5, 5.41) is 9.18. The summed E-state index contributed by atoms with van der Waals surface area (Å²) in [4.78, 5) is 12.1. The van der Waals surface area contributed by atoms with Gasteiger partial charge in [0.1, 0.15) is 15.7 Å². The molecule has 0 bridgehead atoms. The fraction of sp³-hybridized carbons (Fsp3) is 0.107. The summed E-state index contributed by atoms with van der Waals surface area (Å²) in [6.07, 6.45) is 6.48. The van der Waals surface area contributed by atoms with Crippen LogP contribution in [0.4, 0.5) is 10.1 Å². The molecule has 0 amide bonds. The lowest BCUT2D eigenvalue weighted by atomic mass is 9.98. The maximum Gasteiger partial charge on any atom is 0.181 e. The Bertz CT molecular complexity index is 1940. The van der Waals surface area contributed by atoms with Gasteiger partial charge in [-0.1, -0.05) is 18.2 Å². The van der Waals surface area contributed by atoms with E-state index >= 15 is 0 Å². The third kappa shape index (κ3) is 4.61. The molecule has 0 saturated heterocycles. The number of nitrogens with zero attached hydrogens (tertiary/aromatic N) is 3. The predicted molar refractivity (Wildman–Crippen MR) is 148 cm³/mol. The molecule has 0 saturated carbocycles. The van der Waals surface area contributed by atoms with Crippen molar-refractivity contribution in [2.75, 3.05) is 17.7 Å². The number of nitrogens with two attached hydrogens (primary N) is 1. The highest BCUT2D eigenvalue weighted by Crippen LogP contribution is 2.35. The number of sulfone groups is 1. The molecular weight excluding hydrogens is 503 g/mol. The zero-order valence-corrected chi connectivity index (χ0v) is 21.2. The summed E-state index contributed by atoms with van der Waals surface area (Å²) >= 11 is 0. The van der Waals surface area contributed by atoms with E-state index < -0.39 is 15.7 Å². The average molecular weight is 527 g/mol. The molecule has 4 aromatic heterocycles. The van der Waals surface area contributed by atoms with Gasteiger partial charge in [-0.25, -0.2) is 17.8 Å². The van der Waals surface area contributed by atoms with Crippen molar-refractivity contribution in [1.29, 1.82) is 0 Å². The molecule has 10 heteroatoms. The number of anilines is 1. The standard InChI is InChI=1S/C28H23FN6O2S/c1-38(36,37)6-5-16-7-17(9-20(29)8-16)22-3-2-4-25-23(22)12-26(33-25)27-24-11-19(14-32-28(24)35-34-27)18-10-21(30)15-31-13-18/h2-4,7-15,33H,5-6,30H2,1H3,(H,32,34,35). The molecule has 0 fully saturated rings. The minimum atomic E-state index is -3.16. The molecule has 6 rings (SSSR count). The molecule has 0 atom stereocenters. The van der Waals surface area contributed by atoms with E-state index in [0.717, 1.165) is 44.4 Å². The minimum Gasteiger partial charge on any atom is -0.397 e. The number of nitrogen functional groups attached to an aromatic ring is 1. The lowest BCUT2D eigenvalue weighted by Gasteiger charge is -2.08. The normalized spacial score (nSPS) is 11.9. The summed E-state index contributed by atoms with van der Waals surface area (Å²) < 4.78 is 37.8. The number of H-pyrrole nitrogens is 2. The largest absolute Gasteiger partial charge is 0.397 e. The number of aromatic nitrogens is 5. The third-order valence-electron chi connectivity index (χ3n) is 6.47. The molecule has 190 valence electrons. The van der Waals surface area contributed by atoms with Crippen LogP contribution in [0.1, 0.15) is 5.56 Å². The lowest BCUT2D eigenvalue weighted by Crippen LogP contribution is -2.06. The van der Waals surface area contributed by atoms with E-state index in [0.29, 0.717) is 22.5 Å². The molecule has 4 N–H and O–H groups in total. The van der Waals surface area contributed by atoms with Crippen LogP contribution < -0.4 is 5.73 Å². The van der Waals surface area contributed by atoms with E-state index in [1.54, 1.807) is 18.6 Å². The smallest absolute Gasteiger partial charge is 0.181 e. The summed E-state index contributed by atoms with van der Waals surface area (Å²) in [6, 6.07) is 16.3. The van der Waals surface area contributed by atoms with E-state index in [1.807, 2.05) is 42.5 Å². The second kappa shape index (κ2) is 9.07. The van der Waals surface area contributed by atoms with Gasteiger partial charge in [-0.2, -0.15) is 5.10 Å². The fourth-order valence-corrected chi connectivity index (χ4v) is 5.28. The van der Waals surface area contributed by atoms with Gasteiger partial charge in [0.05, 0.1) is 22.8 Å². The van der Waals surface area contributed by atoms with Crippen molar-refractivity contribution in [1.82, 2.24) is 25.1 Å². The highest BCUT2D eigenvalue weighted by atomic mass is 32.2. The molecule has 2 aromatic carbocycles. The third-order valence-corrected chi connectivity index (χ3v) is 7.41. The zero-order chi connectivity index (χ0) is 26.4. The van der Waals surface area contributed by atoms with Gasteiger partial charge in [0, 0.05) is 52.3 Å². The number of pyridine rings is 2. The Morgan fingerprint density at radius 3 is 2.61 bits per heavy atom. The van der Waals surface area contributed by atoms with Crippen molar-refractivity contribution in [3.63, 3.8) is 0 Å². The highest BCUT2D eigenvalue weighted by Gasteiger charge is 2.16. The van der Waals surface area contributed by atoms with E-state index in [4.69, 9.17) is 5.73 Å². The molecule has 0 spiro atoms. The van der Waals surface area contributed by atoms with Crippen LogP contribution in [0.15, 0.2) is 73.2 Å². The molecular formula is C28H23FN6O2S. The van der Waals surface area contributed by atoms with Gasteiger partial charge in [0.2, 0.25) is 0 Å². The Kier molecular flexibility index (Phi) is 5.68. The molecule has 0 aliphatic rings. The van der Waals surface area contributed by atoms with Gasteiger partial charge in [-0.15, -0.1) is 0 Å². The molecule has 4 heterocycles. The monoisotopic (exact) mass is 526 g/mol. The first-order chi connectivity index (χ1) is 18.2. The number of fused-ring (bicyclic) bond motifs is 2. The van der Waals surface area contributed by atoms with Gasteiger partial charge in [0.25, 0.3) is 0 Å². The van der Waals surface area contributed by atoms with E-state index in [9.17, 15) is 12.8 Å². The Morgan fingerprint density at radius 2 is 1.79 bits per heavy atom. The summed E-state index contributed by atoms with van der Waals surface area (Å²) in [7, 11) is -3.16. The SMILES string of the molecule is CS(=O)(=O)CCc1cc(F)cc(-c2cccc3[nH]c(-c4[nH]nc5ncc(-c6cncc(N)c6)cc45)cc23)c1. The Morgan fingerprint density at radius 1 is 0.947 bits per heavy atom. The maximum absolute atomic E-state index is 14.5. The van der Waals surface area contributed by atoms with E-state index in [1.165, 1.54) is 18.4 Å². The van der Waals surface area contributed by atoms with Crippen LogP contribution >= 0.6 is 0 Å². The molecule has 0 radical (unpaired) electrons. The lowest BCUT2D eigenvalue weighted by molar-refractivity contribution is 0.600. The molecule has 38 heavy (non-hydrogen) atoms. The van der Waals surface area contributed by atoms with Crippen molar-refractivity contribution in [2.24, 2.45) is 0 Å². The van der Waals surface area contributed by atoms with Crippen LogP contribution in [-0.2, 0) is 16.3 Å². The second-order valence-corrected chi connectivity index (χ2v) is 11.6. The first kappa shape index (κ1) is 23.8. The average Bonchev–Trinajstić information content (AvgIpc) is 3.50. The quantitative estimate of drug-likeness (QED) is 0.275. The van der Waals surface area contributed by atoms with Gasteiger partial charge >= 0.3 is 0 Å². The number of hydrogen-bond donors (Lipinski definition) is 3. The van der Waals surface area contributed by atoms with Crippen LogP contribution in [-0.4, -0.2) is 45.6 Å². The van der Waals surface area contributed by atoms with Crippen LogP contribution in [0.2, 0.25) is 0 Å². The predicted octanol–water partition coefficient (Wildman–Crippen LogP) is 5.14. The van der Waals surface area contributed by atoms with Crippen LogP contribution in [0, 0.1) is 5.82 Å². The van der Waals surface area contributed by atoms with Crippen molar-refractivity contribution in [3.8, 4) is 33.6 Å². The number of hydrogen-bond acceptors (Lipinski definition) is 6. The Hall–Kier alpha value is -4.57. The summed E-state index contributed by atoms with van der Waals surface area (Å²) in [5.74, 6) is -0.448. The van der Waals surface area contributed by atoms with Crippen LogP contribution in [0.3, 0.4) is 0 Å². The zero-order valence-electron chi connectivity index (χ0n) is 20.4. The minimum absolute atomic E-state index is 0.0387. The van der Waals surface area contributed by atoms with Crippen LogP contribution in [0.25, 0.3) is 55.6 Å². The Balaban J connectivity index is 1.43. The van der Waals surface area contributed by atoms with Crippen molar-refractivity contribution < 1.29 is 12.8 Å². The molecule has 0 aliphatic heterocycles. The molecule has 0 unspecified atom stereocenters. The van der Waals surface area contributed by atoms with Crippen molar-refractivity contribution in [2.45, 2.75) is 6.42 Å². The van der Waals surface area contributed by atoms with Gasteiger partial charge < -0.3 is 10.7 Å². The first-order valence-electron chi connectivity index (χ1n) is 11.9. The van der Waals surface area contributed by atoms with Gasteiger partial charge in [0.15, 0.2) is 5.65 Å². The second-order valence-electron chi connectivity index (χ2n) is 9.38. The van der Waals surface area contributed by atoms with E-state index in [-0.39, 0.29) is 12.2 Å². The molecule has 6 aromatic rings. The van der Waals surface area contributed by atoms with E-state index in [2.05, 4.69) is 25.1 Å². The topological polar surface area (TPSA) is 130 Å². The van der Waals surface area contributed by atoms with Crippen molar-refractivity contribution in [3.05, 3.63) is 84.6 Å². The highest BCUT2D eigenvalue weighted by molar-refractivity contribution is 7.90. The first-order valence-corrected chi connectivity index (χ1v) is 13.9. The number of rotatable bonds is 6. The number of halogens is 1. The number of aromatic amines is 2. The number of nitrogens with one attached hydrogen (secondary N) is 2. The summed E-state index contributed by atoms with van der Waals surface area (Å²) in [6.45, 7) is 0. The molecule has 0 aliphatic carbocycles. The number of aryl methyl sites for hydroxylation is 1.